The van der Waals surface area contributed by atoms with Gasteiger partial charge in [-0.25, -0.2) is 0 Å². The van der Waals surface area contributed by atoms with Crippen molar-refractivity contribution in [2.75, 3.05) is 31.9 Å². The van der Waals surface area contributed by atoms with Gasteiger partial charge in [0.1, 0.15) is 0 Å². The van der Waals surface area contributed by atoms with Crippen molar-refractivity contribution >= 4 is 17.7 Å². The first-order valence-corrected chi connectivity index (χ1v) is 9.56. The first-order valence-electron chi connectivity index (χ1n) is 8.41. The predicted molar refractivity (Wildman–Crippen MR) is 95.1 cm³/mol. The molecule has 1 N–H and O–H groups in total. The minimum Gasteiger partial charge on any atom is -0.356 e. The number of nitrogens with zero attached hydrogens (tertiary/aromatic N) is 1. The van der Waals surface area contributed by atoms with Gasteiger partial charge in [0, 0.05) is 18.8 Å². The average molecular weight is 321 g/mol. The Morgan fingerprint density at radius 2 is 2.18 bits per heavy atom. The monoisotopic (exact) mass is 320 g/mol. The highest BCUT2D eigenvalue weighted by Gasteiger charge is 2.24. The number of likely N-dealkylation sites (tertiary alicyclic amines) is 1. The predicted octanol–water partition coefficient (Wildman–Crippen LogP) is 3.16. The number of carbonyl (C=O) groups is 1. The Hall–Kier alpha value is -1.00. The zero-order valence-electron chi connectivity index (χ0n) is 13.6. The highest BCUT2D eigenvalue weighted by atomic mass is 32.2. The third-order valence-electron chi connectivity index (χ3n) is 4.20. The van der Waals surface area contributed by atoms with Crippen LogP contribution in [0, 0.1) is 5.92 Å². The number of nitrogens with one attached hydrogen (secondary N) is 1. The molecule has 0 spiro atoms. The minimum absolute atomic E-state index is 0.200. The molecule has 2 rings (SSSR count). The third kappa shape index (κ3) is 6.01. The second-order valence-electron chi connectivity index (χ2n) is 5.92. The molecule has 0 radical (unpaired) electrons. The summed E-state index contributed by atoms with van der Waals surface area (Å²) in [6.45, 7) is 6.12. The standard InChI is InChI=1S/C18H28N2OS/c1-2-20-12-6-10-17(14-20)18(21)19-11-7-13-22-15-16-8-4-3-5-9-16/h3-5,8-9,17H,2,6-7,10-15H2,1H3,(H,19,21)/t17-/m0/s1. The lowest BCUT2D eigenvalue weighted by Gasteiger charge is -2.30. The van der Waals surface area contributed by atoms with Gasteiger partial charge in [-0.05, 0) is 43.7 Å². The molecule has 3 nitrogen and oxygen atoms in total. The van der Waals surface area contributed by atoms with E-state index < -0.39 is 0 Å². The van der Waals surface area contributed by atoms with Crippen molar-refractivity contribution in [3.8, 4) is 0 Å². The molecule has 22 heavy (non-hydrogen) atoms. The Morgan fingerprint density at radius 1 is 1.36 bits per heavy atom. The van der Waals surface area contributed by atoms with E-state index in [1.807, 2.05) is 11.8 Å². The third-order valence-corrected chi connectivity index (χ3v) is 5.31. The molecule has 1 saturated heterocycles. The number of hydrogen-bond donors (Lipinski definition) is 1. The lowest BCUT2D eigenvalue weighted by molar-refractivity contribution is -0.126. The summed E-state index contributed by atoms with van der Waals surface area (Å²) in [5.41, 5.74) is 1.37. The summed E-state index contributed by atoms with van der Waals surface area (Å²) in [5.74, 6) is 2.61. The first kappa shape index (κ1) is 17.4. The molecule has 1 aromatic carbocycles. The Labute approximate surface area is 138 Å². The van der Waals surface area contributed by atoms with Crippen LogP contribution in [0.4, 0.5) is 0 Å². The van der Waals surface area contributed by atoms with E-state index in [1.54, 1.807) is 0 Å². The fourth-order valence-electron chi connectivity index (χ4n) is 2.85. The van der Waals surface area contributed by atoms with Gasteiger partial charge in [-0.2, -0.15) is 11.8 Å². The molecule has 4 heteroatoms. The average Bonchev–Trinajstić information content (AvgIpc) is 2.58. The summed E-state index contributed by atoms with van der Waals surface area (Å²) in [7, 11) is 0. The molecule has 1 amide bonds. The molecular weight excluding hydrogens is 292 g/mol. The van der Waals surface area contributed by atoms with Gasteiger partial charge in [0.05, 0.1) is 5.92 Å². The Balaban J connectivity index is 1.53. The van der Waals surface area contributed by atoms with E-state index in [0.717, 1.165) is 56.9 Å². The molecule has 0 bridgehead atoms. The van der Waals surface area contributed by atoms with Crippen molar-refractivity contribution < 1.29 is 4.79 Å². The molecule has 0 aromatic heterocycles. The lowest BCUT2D eigenvalue weighted by Crippen LogP contribution is -2.43. The second kappa shape index (κ2) is 9.90. The molecule has 0 aliphatic carbocycles. The summed E-state index contributed by atoms with van der Waals surface area (Å²) in [6.07, 6.45) is 3.25. The fourth-order valence-corrected chi connectivity index (χ4v) is 3.77. The van der Waals surface area contributed by atoms with Crippen LogP contribution in [0.2, 0.25) is 0 Å². The number of amides is 1. The van der Waals surface area contributed by atoms with E-state index in [9.17, 15) is 4.79 Å². The van der Waals surface area contributed by atoms with Crippen LogP contribution in [-0.2, 0) is 10.5 Å². The number of piperidine rings is 1. The van der Waals surface area contributed by atoms with Gasteiger partial charge in [0.2, 0.25) is 5.91 Å². The van der Waals surface area contributed by atoms with Crippen LogP contribution in [-0.4, -0.2) is 42.7 Å². The highest BCUT2D eigenvalue weighted by molar-refractivity contribution is 7.98. The van der Waals surface area contributed by atoms with Crippen LogP contribution < -0.4 is 5.32 Å². The Morgan fingerprint density at radius 3 is 2.95 bits per heavy atom. The molecule has 1 aliphatic rings. The molecule has 1 aromatic rings. The van der Waals surface area contributed by atoms with Crippen LogP contribution in [0.1, 0.15) is 31.7 Å². The molecule has 1 aliphatic heterocycles. The van der Waals surface area contributed by atoms with E-state index in [-0.39, 0.29) is 11.8 Å². The van der Waals surface area contributed by atoms with E-state index in [0.29, 0.717) is 0 Å². The van der Waals surface area contributed by atoms with Gasteiger partial charge < -0.3 is 10.2 Å². The van der Waals surface area contributed by atoms with Gasteiger partial charge in [0.25, 0.3) is 0 Å². The summed E-state index contributed by atoms with van der Waals surface area (Å²) < 4.78 is 0. The maximum atomic E-state index is 12.2. The van der Waals surface area contributed by atoms with Crippen LogP contribution in [0.25, 0.3) is 0 Å². The van der Waals surface area contributed by atoms with E-state index in [1.165, 1.54) is 5.56 Å². The molecular formula is C18H28N2OS. The van der Waals surface area contributed by atoms with Crippen LogP contribution >= 0.6 is 11.8 Å². The second-order valence-corrected chi connectivity index (χ2v) is 7.02. The Kier molecular flexibility index (Phi) is 7.81. The quantitative estimate of drug-likeness (QED) is 0.747. The number of rotatable bonds is 8. The molecule has 1 atom stereocenters. The largest absolute Gasteiger partial charge is 0.356 e. The molecule has 0 saturated carbocycles. The van der Waals surface area contributed by atoms with Crippen molar-refractivity contribution in [3.05, 3.63) is 35.9 Å². The Bertz CT molecular complexity index is 438. The first-order chi connectivity index (χ1) is 10.8. The normalized spacial score (nSPS) is 19.0. The maximum Gasteiger partial charge on any atom is 0.224 e. The van der Waals surface area contributed by atoms with Gasteiger partial charge in [-0.1, -0.05) is 37.3 Å². The van der Waals surface area contributed by atoms with E-state index >= 15 is 0 Å². The van der Waals surface area contributed by atoms with E-state index in [2.05, 4.69) is 47.5 Å². The topological polar surface area (TPSA) is 32.3 Å². The SMILES string of the molecule is CCN1CCC[C@H](C(=O)NCCCSCc2ccccc2)C1. The summed E-state index contributed by atoms with van der Waals surface area (Å²) in [6, 6.07) is 10.5. The van der Waals surface area contributed by atoms with Gasteiger partial charge in [0.15, 0.2) is 0 Å². The number of benzene rings is 1. The number of carbonyl (C=O) groups excluding carboxylic acids is 1. The van der Waals surface area contributed by atoms with Gasteiger partial charge in [-0.15, -0.1) is 0 Å². The van der Waals surface area contributed by atoms with Crippen molar-refractivity contribution in [3.63, 3.8) is 0 Å². The summed E-state index contributed by atoms with van der Waals surface area (Å²) >= 11 is 1.94. The van der Waals surface area contributed by atoms with Crippen LogP contribution in [0.5, 0.6) is 0 Å². The van der Waals surface area contributed by atoms with Crippen molar-refractivity contribution in [1.29, 1.82) is 0 Å². The lowest BCUT2D eigenvalue weighted by atomic mass is 9.97. The molecule has 1 fully saturated rings. The zero-order chi connectivity index (χ0) is 15.6. The van der Waals surface area contributed by atoms with Crippen molar-refractivity contribution in [1.82, 2.24) is 10.2 Å². The molecule has 122 valence electrons. The molecule has 0 unspecified atom stereocenters. The smallest absolute Gasteiger partial charge is 0.224 e. The maximum absolute atomic E-state index is 12.2. The fraction of sp³-hybridized carbons (Fsp3) is 0.611. The number of thioether (sulfide) groups is 1. The zero-order valence-corrected chi connectivity index (χ0v) is 14.4. The van der Waals surface area contributed by atoms with Gasteiger partial charge >= 0.3 is 0 Å². The molecule has 1 heterocycles. The van der Waals surface area contributed by atoms with Crippen molar-refractivity contribution in [2.24, 2.45) is 5.92 Å². The summed E-state index contributed by atoms with van der Waals surface area (Å²) in [5, 5.41) is 3.12. The summed E-state index contributed by atoms with van der Waals surface area (Å²) in [4.78, 5) is 14.5. The van der Waals surface area contributed by atoms with E-state index in [4.69, 9.17) is 0 Å². The van der Waals surface area contributed by atoms with Crippen LogP contribution in [0.3, 0.4) is 0 Å². The number of hydrogen-bond acceptors (Lipinski definition) is 3. The van der Waals surface area contributed by atoms with Crippen LogP contribution in [0.15, 0.2) is 30.3 Å². The van der Waals surface area contributed by atoms with Gasteiger partial charge in [-0.3, -0.25) is 4.79 Å². The highest BCUT2D eigenvalue weighted by Crippen LogP contribution is 2.16. The van der Waals surface area contributed by atoms with Crippen molar-refractivity contribution in [2.45, 2.75) is 31.9 Å². The minimum atomic E-state index is 0.200.